The number of primary amides is 1. The normalized spacial score (nSPS) is 15.4. The minimum absolute atomic E-state index is 0.136. The molecule has 4 amide bonds. The monoisotopic (exact) mass is 410 g/mol. The van der Waals surface area contributed by atoms with E-state index >= 15 is 0 Å². The summed E-state index contributed by atoms with van der Waals surface area (Å²) in [5.74, 6) is -1.64. The van der Waals surface area contributed by atoms with E-state index in [2.05, 4.69) is 10.6 Å². The molecule has 2 aromatic rings. The maximum absolute atomic E-state index is 13.2. The number of urea groups is 1. The van der Waals surface area contributed by atoms with E-state index in [1.165, 1.54) is 24.0 Å². The molecule has 4 N–H and O–H groups in total. The summed E-state index contributed by atoms with van der Waals surface area (Å²) in [6, 6.07) is 12.1. The van der Waals surface area contributed by atoms with Crippen molar-refractivity contribution in [2.24, 2.45) is 5.73 Å². The molecule has 1 atom stereocenters. The van der Waals surface area contributed by atoms with Gasteiger partial charge in [-0.1, -0.05) is 18.2 Å². The Hall–Kier alpha value is -3.88. The molecule has 0 aromatic heterocycles. The van der Waals surface area contributed by atoms with Crippen LogP contribution in [-0.4, -0.2) is 35.5 Å². The van der Waals surface area contributed by atoms with Gasteiger partial charge in [0.05, 0.1) is 16.9 Å². The number of carbonyl (C=O) groups is 4. The highest BCUT2D eigenvalue weighted by Crippen LogP contribution is 2.37. The lowest BCUT2D eigenvalue weighted by molar-refractivity contribution is -0.131. The summed E-state index contributed by atoms with van der Waals surface area (Å²) in [5, 5.41) is 5.14. The number of amides is 4. The number of hydrogen-bond donors (Lipinski definition) is 3. The fraction of sp³-hybridized carbons (Fsp3) is 0.238. The second-order valence-electron chi connectivity index (χ2n) is 7.32. The first-order valence-corrected chi connectivity index (χ1v) is 9.23. The van der Waals surface area contributed by atoms with Crippen LogP contribution in [0.3, 0.4) is 0 Å². The molecule has 0 unspecified atom stereocenters. The third-order valence-corrected chi connectivity index (χ3v) is 4.73. The van der Waals surface area contributed by atoms with Gasteiger partial charge in [-0.2, -0.15) is 0 Å². The van der Waals surface area contributed by atoms with Gasteiger partial charge in [-0.25, -0.2) is 9.59 Å². The van der Waals surface area contributed by atoms with E-state index in [0.29, 0.717) is 17.1 Å². The molecular formula is C21H22N4O5. The van der Waals surface area contributed by atoms with Gasteiger partial charge < -0.3 is 21.1 Å². The molecule has 0 saturated heterocycles. The molecule has 2 aromatic carbocycles. The summed E-state index contributed by atoms with van der Waals surface area (Å²) in [5.41, 5.74) is 5.37. The van der Waals surface area contributed by atoms with Gasteiger partial charge in [0, 0.05) is 5.69 Å². The first kappa shape index (κ1) is 20.8. The predicted molar refractivity (Wildman–Crippen MR) is 111 cm³/mol. The maximum Gasteiger partial charge on any atom is 0.338 e. The molecule has 0 spiro atoms. The number of nitrogens with zero attached hydrogens (tertiary/aromatic N) is 1. The van der Waals surface area contributed by atoms with Crippen molar-refractivity contribution in [2.45, 2.75) is 32.4 Å². The SMILES string of the molecule is C[C@H](OC(=O)c1cccc(NC(N)=O)c1)C(=O)N1c2ccccc2NC(=O)C1(C)C. The highest BCUT2D eigenvalue weighted by Gasteiger charge is 2.45. The summed E-state index contributed by atoms with van der Waals surface area (Å²) >= 11 is 0. The van der Waals surface area contributed by atoms with Gasteiger partial charge in [-0.15, -0.1) is 0 Å². The quantitative estimate of drug-likeness (QED) is 0.667. The molecule has 0 fully saturated rings. The molecule has 156 valence electrons. The number of benzene rings is 2. The van der Waals surface area contributed by atoms with Gasteiger partial charge in [-0.3, -0.25) is 14.5 Å². The van der Waals surface area contributed by atoms with Gasteiger partial charge in [0.1, 0.15) is 5.54 Å². The smallest absolute Gasteiger partial charge is 0.338 e. The number of nitrogens with one attached hydrogen (secondary N) is 2. The molecule has 0 bridgehead atoms. The first-order valence-electron chi connectivity index (χ1n) is 9.23. The van der Waals surface area contributed by atoms with Crippen LogP contribution in [0.2, 0.25) is 0 Å². The van der Waals surface area contributed by atoms with Gasteiger partial charge >= 0.3 is 12.0 Å². The molecule has 1 heterocycles. The summed E-state index contributed by atoms with van der Waals surface area (Å²) in [7, 11) is 0. The summed E-state index contributed by atoms with van der Waals surface area (Å²) in [6.45, 7) is 4.67. The van der Waals surface area contributed by atoms with Crippen LogP contribution < -0.4 is 21.3 Å². The average molecular weight is 410 g/mol. The average Bonchev–Trinajstić information content (AvgIpc) is 2.68. The molecule has 1 aliphatic rings. The zero-order chi connectivity index (χ0) is 22.1. The topological polar surface area (TPSA) is 131 Å². The minimum Gasteiger partial charge on any atom is -0.449 e. The summed E-state index contributed by atoms with van der Waals surface area (Å²) < 4.78 is 5.35. The van der Waals surface area contributed by atoms with Crippen LogP contribution in [0.25, 0.3) is 0 Å². The van der Waals surface area contributed by atoms with E-state index in [4.69, 9.17) is 10.5 Å². The molecule has 1 aliphatic heterocycles. The van der Waals surface area contributed by atoms with Crippen LogP contribution in [0.5, 0.6) is 0 Å². The zero-order valence-corrected chi connectivity index (χ0v) is 16.8. The highest BCUT2D eigenvalue weighted by atomic mass is 16.5. The molecule has 30 heavy (non-hydrogen) atoms. The lowest BCUT2D eigenvalue weighted by atomic mass is 9.95. The van der Waals surface area contributed by atoms with Crippen molar-refractivity contribution in [1.29, 1.82) is 0 Å². The van der Waals surface area contributed by atoms with Crippen molar-refractivity contribution in [1.82, 2.24) is 0 Å². The van der Waals surface area contributed by atoms with E-state index in [9.17, 15) is 19.2 Å². The molecule has 0 radical (unpaired) electrons. The second-order valence-corrected chi connectivity index (χ2v) is 7.32. The second kappa shape index (κ2) is 7.86. The minimum atomic E-state index is -1.18. The van der Waals surface area contributed by atoms with Gasteiger partial charge in [-0.05, 0) is 51.1 Å². The van der Waals surface area contributed by atoms with Crippen LogP contribution in [0.15, 0.2) is 48.5 Å². The van der Waals surface area contributed by atoms with Gasteiger partial charge in [0.25, 0.3) is 5.91 Å². The van der Waals surface area contributed by atoms with Crippen LogP contribution >= 0.6 is 0 Å². The Balaban J connectivity index is 1.83. The van der Waals surface area contributed by atoms with Gasteiger partial charge in [0.2, 0.25) is 5.91 Å². The van der Waals surface area contributed by atoms with Crippen LogP contribution in [0.4, 0.5) is 21.9 Å². The lowest BCUT2D eigenvalue weighted by Crippen LogP contribution is -2.60. The zero-order valence-electron chi connectivity index (χ0n) is 16.8. The number of carbonyl (C=O) groups excluding carboxylic acids is 4. The predicted octanol–water partition coefficient (Wildman–Crippen LogP) is 2.49. The number of hydrogen-bond acceptors (Lipinski definition) is 5. The number of ether oxygens (including phenoxy) is 1. The van der Waals surface area contributed by atoms with E-state index in [1.54, 1.807) is 50.2 Å². The summed E-state index contributed by atoms with van der Waals surface area (Å²) in [4.78, 5) is 50.6. The van der Waals surface area contributed by atoms with Crippen LogP contribution in [0, 0.1) is 0 Å². The molecule has 0 saturated carbocycles. The van der Waals surface area contributed by atoms with Crippen molar-refractivity contribution in [2.75, 3.05) is 15.5 Å². The molecule has 0 aliphatic carbocycles. The Bertz CT molecular complexity index is 1030. The molecule has 3 rings (SSSR count). The third-order valence-electron chi connectivity index (χ3n) is 4.73. The number of nitrogens with two attached hydrogens (primary N) is 1. The van der Waals surface area contributed by atoms with Crippen molar-refractivity contribution in [3.8, 4) is 0 Å². The lowest BCUT2D eigenvalue weighted by Gasteiger charge is -2.42. The largest absolute Gasteiger partial charge is 0.449 e. The van der Waals surface area contributed by atoms with Gasteiger partial charge in [0.15, 0.2) is 6.10 Å². The Morgan fingerprint density at radius 1 is 1.13 bits per heavy atom. The number of para-hydroxylation sites is 2. The standard InChI is InChI=1S/C21H22N4O5/c1-12(30-18(27)13-7-6-8-14(11-13)23-20(22)29)17(26)25-16-10-5-4-9-15(16)24-19(28)21(25,2)3/h4-12H,1-3H3,(H,24,28)(H3,22,23,29)/t12-/m0/s1. The van der Waals surface area contributed by atoms with Crippen molar-refractivity contribution in [3.05, 3.63) is 54.1 Å². The van der Waals surface area contributed by atoms with E-state index in [1.807, 2.05) is 0 Å². The Labute approximate surface area is 173 Å². The van der Waals surface area contributed by atoms with E-state index in [-0.39, 0.29) is 11.5 Å². The maximum atomic E-state index is 13.2. The Kier molecular flexibility index (Phi) is 5.46. The number of esters is 1. The van der Waals surface area contributed by atoms with Crippen molar-refractivity contribution in [3.63, 3.8) is 0 Å². The fourth-order valence-corrected chi connectivity index (χ4v) is 3.17. The van der Waals surface area contributed by atoms with Crippen LogP contribution in [0.1, 0.15) is 31.1 Å². The molecular weight excluding hydrogens is 388 g/mol. The number of fused-ring (bicyclic) bond motifs is 1. The van der Waals surface area contributed by atoms with E-state index < -0.39 is 29.6 Å². The van der Waals surface area contributed by atoms with Crippen molar-refractivity contribution < 1.29 is 23.9 Å². The van der Waals surface area contributed by atoms with Crippen LogP contribution in [-0.2, 0) is 14.3 Å². The Morgan fingerprint density at radius 3 is 2.53 bits per heavy atom. The van der Waals surface area contributed by atoms with Crippen molar-refractivity contribution >= 4 is 40.9 Å². The number of rotatable bonds is 4. The number of anilines is 3. The Morgan fingerprint density at radius 2 is 1.83 bits per heavy atom. The molecule has 9 nitrogen and oxygen atoms in total. The third kappa shape index (κ3) is 3.95. The van der Waals surface area contributed by atoms with E-state index in [0.717, 1.165) is 0 Å². The molecule has 9 heteroatoms. The first-order chi connectivity index (χ1) is 14.1. The summed E-state index contributed by atoms with van der Waals surface area (Å²) in [6.07, 6.45) is -1.16. The highest BCUT2D eigenvalue weighted by molar-refractivity contribution is 6.15. The fourth-order valence-electron chi connectivity index (χ4n) is 3.17.